The summed E-state index contributed by atoms with van der Waals surface area (Å²) in [5.41, 5.74) is 0.988. The number of carbonyl (C=O) groups is 2. The summed E-state index contributed by atoms with van der Waals surface area (Å²) in [6.45, 7) is 3.68. The van der Waals surface area contributed by atoms with Crippen LogP contribution in [0.4, 0.5) is 0 Å². The Labute approximate surface area is 127 Å². The Kier molecular flexibility index (Phi) is 3.92. The molecule has 0 saturated carbocycles. The van der Waals surface area contributed by atoms with Crippen LogP contribution in [0.3, 0.4) is 0 Å². The van der Waals surface area contributed by atoms with Crippen molar-refractivity contribution in [2.45, 2.75) is 19.8 Å². The van der Waals surface area contributed by atoms with Crippen LogP contribution < -0.4 is 5.32 Å². The van der Waals surface area contributed by atoms with Gasteiger partial charge in [-0.2, -0.15) is 0 Å². The SMILES string of the molecule is Cc1c(C(=O)NCC(=O)N2CCCC2)sc2ccccc12. The molecule has 0 bridgehead atoms. The number of hydrogen-bond acceptors (Lipinski definition) is 3. The normalized spacial score (nSPS) is 14.6. The van der Waals surface area contributed by atoms with Crippen LogP contribution in [0.25, 0.3) is 10.1 Å². The zero-order valence-corrected chi connectivity index (χ0v) is 12.8. The van der Waals surface area contributed by atoms with Gasteiger partial charge in [0.1, 0.15) is 0 Å². The summed E-state index contributed by atoms with van der Waals surface area (Å²) in [5.74, 6) is -0.138. The van der Waals surface area contributed by atoms with Gasteiger partial charge < -0.3 is 10.2 Å². The summed E-state index contributed by atoms with van der Waals surface area (Å²) in [4.78, 5) is 26.8. The predicted octanol–water partition coefficient (Wildman–Crippen LogP) is 2.56. The van der Waals surface area contributed by atoms with Crippen LogP contribution in [-0.4, -0.2) is 36.3 Å². The van der Waals surface area contributed by atoms with Gasteiger partial charge in [0, 0.05) is 17.8 Å². The molecule has 2 heterocycles. The highest BCUT2D eigenvalue weighted by molar-refractivity contribution is 7.21. The fourth-order valence-corrected chi connectivity index (χ4v) is 3.83. The van der Waals surface area contributed by atoms with Gasteiger partial charge >= 0.3 is 0 Å². The van der Waals surface area contributed by atoms with E-state index in [1.165, 1.54) is 11.3 Å². The second kappa shape index (κ2) is 5.85. The molecule has 1 N–H and O–H groups in total. The molecule has 3 rings (SSSR count). The summed E-state index contributed by atoms with van der Waals surface area (Å²) in [7, 11) is 0. The topological polar surface area (TPSA) is 49.4 Å². The minimum atomic E-state index is -0.152. The monoisotopic (exact) mass is 302 g/mol. The maximum absolute atomic E-state index is 12.3. The number of fused-ring (bicyclic) bond motifs is 1. The highest BCUT2D eigenvalue weighted by Gasteiger charge is 2.20. The minimum absolute atomic E-state index is 0.0135. The molecule has 1 aliphatic rings. The maximum atomic E-state index is 12.3. The van der Waals surface area contributed by atoms with Gasteiger partial charge in [-0.25, -0.2) is 0 Å². The van der Waals surface area contributed by atoms with E-state index in [0.717, 1.165) is 41.6 Å². The third-order valence-electron chi connectivity index (χ3n) is 3.91. The van der Waals surface area contributed by atoms with Crippen LogP contribution in [0.2, 0.25) is 0 Å². The Balaban J connectivity index is 1.69. The van der Waals surface area contributed by atoms with Crippen LogP contribution in [0.15, 0.2) is 24.3 Å². The molecule has 2 amide bonds. The summed E-state index contributed by atoms with van der Waals surface area (Å²) in [5, 5.41) is 3.87. The van der Waals surface area contributed by atoms with E-state index in [-0.39, 0.29) is 18.4 Å². The number of nitrogens with zero attached hydrogens (tertiary/aromatic N) is 1. The summed E-state index contributed by atoms with van der Waals surface area (Å²) >= 11 is 1.48. The molecule has 0 aliphatic carbocycles. The van der Waals surface area contributed by atoms with Crippen molar-refractivity contribution in [3.05, 3.63) is 34.7 Å². The first-order valence-electron chi connectivity index (χ1n) is 7.21. The van der Waals surface area contributed by atoms with Crippen LogP contribution >= 0.6 is 11.3 Å². The summed E-state index contributed by atoms with van der Waals surface area (Å²) in [6, 6.07) is 7.98. The number of likely N-dealkylation sites (tertiary alicyclic amines) is 1. The molecule has 1 aromatic carbocycles. The Morgan fingerprint density at radius 2 is 1.95 bits per heavy atom. The molecule has 1 aliphatic heterocycles. The van der Waals surface area contributed by atoms with Gasteiger partial charge in [0.15, 0.2) is 0 Å². The zero-order chi connectivity index (χ0) is 14.8. The average molecular weight is 302 g/mol. The molecule has 1 fully saturated rings. The molecule has 5 heteroatoms. The van der Waals surface area contributed by atoms with Crippen LogP contribution in [0, 0.1) is 6.92 Å². The summed E-state index contributed by atoms with van der Waals surface area (Å²) < 4.78 is 1.10. The average Bonchev–Trinajstić information content (AvgIpc) is 3.13. The van der Waals surface area contributed by atoms with Gasteiger partial charge in [-0.05, 0) is 36.8 Å². The Bertz CT molecular complexity index is 687. The lowest BCUT2D eigenvalue weighted by atomic mass is 10.1. The second-order valence-corrected chi connectivity index (χ2v) is 6.38. The van der Waals surface area contributed by atoms with E-state index in [2.05, 4.69) is 5.32 Å². The fourth-order valence-electron chi connectivity index (χ4n) is 2.71. The van der Waals surface area contributed by atoms with Crippen molar-refractivity contribution in [3.8, 4) is 0 Å². The molecule has 110 valence electrons. The van der Waals surface area contributed by atoms with E-state index in [0.29, 0.717) is 4.88 Å². The molecule has 2 aromatic rings. The Morgan fingerprint density at radius 1 is 1.24 bits per heavy atom. The first kappa shape index (κ1) is 14.1. The minimum Gasteiger partial charge on any atom is -0.342 e. The molecule has 1 saturated heterocycles. The van der Waals surface area contributed by atoms with Crippen LogP contribution in [0.1, 0.15) is 28.1 Å². The van der Waals surface area contributed by atoms with Gasteiger partial charge in [0.05, 0.1) is 11.4 Å². The summed E-state index contributed by atoms with van der Waals surface area (Å²) in [6.07, 6.45) is 2.13. The van der Waals surface area contributed by atoms with Crippen molar-refractivity contribution in [3.63, 3.8) is 0 Å². The standard InChI is InChI=1S/C16H18N2O2S/c1-11-12-6-2-3-7-13(12)21-15(11)16(20)17-10-14(19)18-8-4-5-9-18/h2-3,6-7H,4-5,8-10H2,1H3,(H,17,20). The van der Waals surface area contributed by atoms with Gasteiger partial charge in [-0.15, -0.1) is 11.3 Å². The van der Waals surface area contributed by atoms with Crippen molar-refractivity contribution in [1.29, 1.82) is 0 Å². The number of carbonyl (C=O) groups excluding carboxylic acids is 2. The number of thiophene rings is 1. The van der Waals surface area contributed by atoms with Crippen molar-refractivity contribution in [2.75, 3.05) is 19.6 Å². The third kappa shape index (κ3) is 2.78. The van der Waals surface area contributed by atoms with Gasteiger partial charge in [0.2, 0.25) is 5.91 Å². The van der Waals surface area contributed by atoms with Crippen molar-refractivity contribution >= 4 is 33.2 Å². The van der Waals surface area contributed by atoms with Gasteiger partial charge in [-0.3, -0.25) is 9.59 Å². The first-order valence-corrected chi connectivity index (χ1v) is 8.02. The molecule has 0 radical (unpaired) electrons. The number of nitrogens with one attached hydrogen (secondary N) is 1. The molecule has 1 aromatic heterocycles. The quantitative estimate of drug-likeness (QED) is 0.947. The smallest absolute Gasteiger partial charge is 0.262 e. The van der Waals surface area contributed by atoms with E-state index in [4.69, 9.17) is 0 Å². The molecular weight excluding hydrogens is 284 g/mol. The van der Waals surface area contributed by atoms with Crippen molar-refractivity contribution < 1.29 is 9.59 Å². The van der Waals surface area contributed by atoms with E-state index < -0.39 is 0 Å². The van der Waals surface area contributed by atoms with Crippen molar-refractivity contribution in [2.24, 2.45) is 0 Å². The molecule has 4 nitrogen and oxygen atoms in total. The lowest BCUT2D eigenvalue weighted by Crippen LogP contribution is -2.38. The lowest BCUT2D eigenvalue weighted by Gasteiger charge is -2.15. The number of hydrogen-bond donors (Lipinski definition) is 1. The maximum Gasteiger partial charge on any atom is 0.262 e. The van der Waals surface area contributed by atoms with E-state index >= 15 is 0 Å². The highest BCUT2D eigenvalue weighted by Crippen LogP contribution is 2.30. The first-order chi connectivity index (χ1) is 10.2. The molecule has 0 atom stereocenters. The molecular formula is C16H18N2O2S. The number of amides is 2. The van der Waals surface area contributed by atoms with Crippen LogP contribution in [0.5, 0.6) is 0 Å². The van der Waals surface area contributed by atoms with E-state index in [1.807, 2.05) is 36.1 Å². The second-order valence-electron chi connectivity index (χ2n) is 5.32. The van der Waals surface area contributed by atoms with E-state index in [1.54, 1.807) is 0 Å². The highest BCUT2D eigenvalue weighted by atomic mass is 32.1. The zero-order valence-electron chi connectivity index (χ0n) is 12.0. The fraction of sp³-hybridized carbons (Fsp3) is 0.375. The molecule has 0 spiro atoms. The largest absolute Gasteiger partial charge is 0.342 e. The van der Waals surface area contributed by atoms with Gasteiger partial charge in [-0.1, -0.05) is 18.2 Å². The molecule has 0 unspecified atom stereocenters. The predicted molar refractivity (Wildman–Crippen MR) is 84.7 cm³/mol. The number of aryl methyl sites for hydroxylation is 1. The van der Waals surface area contributed by atoms with Gasteiger partial charge in [0.25, 0.3) is 5.91 Å². The number of benzene rings is 1. The van der Waals surface area contributed by atoms with E-state index in [9.17, 15) is 9.59 Å². The third-order valence-corrected chi connectivity index (χ3v) is 5.18. The van der Waals surface area contributed by atoms with Crippen LogP contribution in [-0.2, 0) is 4.79 Å². The lowest BCUT2D eigenvalue weighted by molar-refractivity contribution is -0.129. The Hall–Kier alpha value is -1.88. The Morgan fingerprint density at radius 3 is 2.67 bits per heavy atom. The van der Waals surface area contributed by atoms with Crippen molar-refractivity contribution in [1.82, 2.24) is 10.2 Å². The number of rotatable bonds is 3. The molecule has 21 heavy (non-hydrogen) atoms.